The minimum absolute atomic E-state index is 0.292. The molecule has 0 fully saturated rings. The van der Waals surface area contributed by atoms with E-state index in [1.165, 1.54) is 12.1 Å². The first-order valence-corrected chi connectivity index (χ1v) is 5.77. The van der Waals surface area contributed by atoms with Gasteiger partial charge in [-0.25, -0.2) is 4.39 Å². The van der Waals surface area contributed by atoms with Crippen molar-refractivity contribution in [2.75, 3.05) is 5.32 Å². The van der Waals surface area contributed by atoms with Gasteiger partial charge >= 0.3 is 0 Å². The fraction of sp³-hybridized carbons (Fsp3) is 0. The summed E-state index contributed by atoms with van der Waals surface area (Å²) in [5.41, 5.74) is 1.26. The first kappa shape index (κ1) is 12.7. The number of hydrogen-bond donors (Lipinski definition) is 1. The topological polar surface area (TPSA) is 35.8 Å². The molecule has 2 nitrogen and oxygen atoms in total. The Labute approximate surface area is 114 Å². The maximum absolute atomic E-state index is 13.5. The standard InChI is InChI=1S/C13H7Cl2FN2/c14-9-2-4-13(12(16)5-9)18-10-3-1-8(7-17)11(15)6-10/h1-6,18H. The van der Waals surface area contributed by atoms with E-state index in [1.54, 1.807) is 24.3 Å². The van der Waals surface area contributed by atoms with Crippen LogP contribution < -0.4 is 5.32 Å². The van der Waals surface area contributed by atoms with Crippen LogP contribution in [0.1, 0.15) is 5.56 Å². The highest BCUT2D eigenvalue weighted by Crippen LogP contribution is 2.26. The summed E-state index contributed by atoms with van der Waals surface area (Å²) < 4.78 is 13.5. The zero-order valence-electron chi connectivity index (χ0n) is 9.05. The van der Waals surface area contributed by atoms with Crippen LogP contribution in [0.25, 0.3) is 0 Å². The smallest absolute Gasteiger partial charge is 0.148 e. The minimum Gasteiger partial charge on any atom is -0.353 e. The van der Waals surface area contributed by atoms with E-state index in [9.17, 15) is 4.39 Å². The number of nitrogens with zero attached hydrogens (tertiary/aromatic N) is 1. The van der Waals surface area contributed by atoms with Crippen LogP contribution in [-0.2, 0) is 0 Å². The largest absolute Gasteiger partial charge is 0.353 e. The highest BCUT2D eigenvalue weighted by molar-refractivity contribution is 6.32. The molecule has 0 aliphatic heterocycles. The lowest BCUT2D eigenvalue weighted by atomic mass is 10.2. The predicted octanol–water partition coefficient (Wildman–Crippen LogP) is 4.75. The van der Waals surface area contributed by atoms with Crippen molar-refractivity contribution >= 4 is 34.6 Å². The maximum Gasteiger partial charge on any atom is 0.148 e. The van der Waals surface area contributed by atoms with Crippen LogP contribution in [0.15, 0.2) is 36.4 Å². The molecule has 0 bridgehead atoms. The predicted molar refractivity (Wildman–Crippen MR) is 70.9 cm³/mol. The Morgan fingerprint density at radius 1 is 1.11 bits per heavy atom. The van der Waals surface area contributed by atoms with E-state index in [1.807, 2.05) is 6.07 Å². The van der Waals surface area contributed by atoms with E-state index >= 15 is 0 Å². The van der Waals surface area contributed by atoms with Crippen LogP contribution in [0.3, 0.4) is 0 Å². The molecular formula is C13H7Cl2FN2. The molecule has 2 aromatic rings. The molecule has 0 radical (unpaired) electrons. The number of hydrogen-bond acceptors (Lipinski definition) is 2. The van der Waals surface area contributed by atoms with Gasteiger partial charge < -0.3 is 5.32 Å². The summed E-state index contributed by atoms with van der Waals surface area (Å²) in [6.45, 7) is 0. The second kappa shape index (κ2) is 5.26. The summed E-state index contributed by atoms with van der Waals surface area (Å²) in [6, 6.07) is 11.1. The average Bonchev–Trinajstić information content (AvgIpc) is 2.33. The van der Waals surface area contributed by atoms with Crippen molar-refractivity contribution in [2.24, 2.45) is 0 Å². The highest BCUT2D eigenvalue weighted by Gasteiger charge is 2.05. The third-order valence-electron chi connectivity index (χ3n) is 2.30. The molecule has 2 rings (SSSR count). The van der Waals surface area contributed by atoms with Gasteiger partial charge in [0.05, 0.1) is 16.3 Å². The molecule has 2 aromatic carbocycles. The molecule has 0 aliphatic rings. The number of rotatable bonds is 2. The number of benzene rings is 2. The maximum atomic E-state index is 13.5. The van der Waals surface area contributed by atoms with Crippen molar-refractivity contribution in [2.45, 2.75) is 0 Å². The van der Waals surface area contributed by atoms with Crippen molar-refractivity contribution in [3.8, 4) is 6.07 Å². The Kier molecular flexibility index (Phi) is 3.71. The van der Waals surface area contributed by atoms with Gasteiger partial charge in [0.1, 0.15) is 11.9 Å². The third-order valence-corrected chi connectivity index (χ3v) is 2.85. The molecule has 0 unspecified atom stereocenters. The molecule has 0 spiro atoms. The summed E-state index contributed by atoms with van der Waals surface area (Å²) in [7, 11) is 0. The van der Waals surface area contributed by atoms with Gasteiger partial charge in [0.15, 0.2) is 0 Å². The fourth-order valence-electron chi connectivity index (χ4n) is 1.43. The molecule has 0 aromatic heterocycles. The van der Waals surface area contributed by atoms with E-state index < -0.39 is 5.82 Å². The van der Waals surface area contributed by atoms with E-state index in [-0.39, 0.29) is 0 Å². The van der Waals surface area contributed by atoms with Gasteiger partial charge in [-0.05, 0) is 36.4 Å². The molecule has 0 aliphatic carbocycles. The second-order valence-electron chi connectivity index (χ2n) is 3.56. The Bertz CT molecular complexity index is 635. The number of nitrogens with one attached hydrogen (secondary N) is 1. The van der Waals surface area contributed by atoms with Gasteiger partial charge in [-0.1, -0.05) is 23.2 Å². The minimum atomic E-state index is -0.456. The number of halogens is 3. The zero-order valence-corrected chi connectivity index (χ0v) is 10.6. The summed E-state index contributed by atoms with van der Waals surface area (Å²) in [6.07, 6.45) is 0. The van der Waals surface area contributed by atoms with Gasteiger partial charge in [-0.15, -0.1) is 0 Å². The zero-order chi connectivity index (χ0) is 13.1. The van der Waals surface area contributed by atoms with Crippen LogP contribution in [0.4, 0.5) is 15.8 Å². The Balaban J connectivity index is 2.29. The SMILES string of the molecule is N#Cc1ccc(Nc2ccc(Cl)cc2F)cc1Cl. The lowest BCUT2D eigenvalue weighted by Gasteiger charge is -2.08. The molecule has 18 heavy (non-hydrogen) atoms. The first-order chi connectivity index (χ1) is 8.60. The summed E-state index contributed by atoms with van der Waals surface area (Å²) in [4.78, 5) is 0. The summed E-state index contributed by atoms with van der Waals surface area (Å²) >= 11 is 11.5. The number of anilines is 2. The van der Waals surface area contributed by atoms with Gasteiger partial charge in [0, 0.05) is 10.7 Å². The molecule has 0 atom stereocenters. The average molecular weight is 281 g/mol. The third kappa shape index (κ3) is 2.73. The van der Waals surface area contributed by atoms with Crippen LogP contribution in [0, 0.1) is 17.1 Å². The molecule has 0 heterocycles. The molecule has 0 saturated heterocycles. The van der Waals surface area contributed by atoms with Gasteiger partial charge in [-0.3, -0.25) is 0 Å². The highest BCUT2D eigenvalue weighted by atomic mass is 35.5. The number of nitriles is 1. The molecule has 90 valence electrons. The van der Waals surface area contributed by atoms with Crippen LogP contribution in [-0.4, -0.2) is 0 Å². The normalized spacial score (nSPS) is 9.89. The van der Waals surface area contributed by atoms with Crippen LogP contribution in [0.2, 0.25) is 10.0 Å². The van der Waals surface area contributed by atoms with E-state index in [2.05, 4.69) is 5.32 Å². The van der Waals surface area contributed by atoms with Crippen molar-refractivity contribution < 1.29 is 4.39 Å². The van der Waals surface area contributed by atoms with E-state index in [4.69, 9.17) is 28.5 Å². The Hall–Kier alpha value is -1.76. The summed E-state index contributed by atoms with van der Waals surface area (Å²) in [5.74, 6) is -0.456. The van der Waals surface area contributed by atoms with Crippen LogP contribution in [0.5, 0.6) is 0 Å². The van der Waals surface area contributed by atoms with Crippen molar-refractivity contribution in [1.82, 2.24) is 0 Å². The molecule has 0 saturated carbocycles. The quantitative estimate of drug-likeness (QED) is 0.862. The van der Waals surface area contributed by atoms with E-state index in [0.29, 0.717) is 27.0 Å². The molecule has 0 amide bonds. The van der Waals surface area contributed by atoms with Crippen molar-refractivity contribution in [1.29, 1.82) is 5.26 Å². The van der Waals surface area contributed by atoms with Crippen molar-refractivity contribution in [3.05, 3.63) is 57.8 Å². The molecule has 1 N–H and O–H groups in total. The first-order valence-electron chi connectivity index (χ1n) is 5.02. The second-order valence-corrected chi connectivity index (χ2v) is 4.40. The monoisotopic (exact) mass is 280 g/mol. The lowest BCUT2D eigenvalue weighted by Crippen LogP contribution is -1.94. The summed E-state index contributed by atoms with van der Waals surface area (Å²) in [5, 5.41) is 12.3. The molecular weight excluding hydrogens is 274 g/mol. The van der Waals surface area contributed by atoms with Gasteiger partial charge in [0.25, 0.3) is 0 Å². The van der Waals surface area contributed by atoms with Crippen LogP contribution >= 0.6 is 23.2 Å². The van der Waals surface area contributed by atoms with Gasteiger partial charge in [-0.2, -0.15) is 5.26 Å². The molecule has 5 heteroatoms. The van der Waals surface area contributed by atoms with Crippen molar-refractivity contribution in [3.63, 3.8) is 0 Å². The Morgan fingerprint density at radius 3 is 2.50 bits per heavy atom. The Morgan fingerprint density at radius 2 is 1.89 bits per heavy atom. The lowest BCUT2D eigenvalue weighted by molar-refractivity contribution is 0.632. The van der Waals surface area contributed by atoms with Gasteiger partial charge in [0.2, 0.25) is 0 Å². The fourth-order valence-corrected chi connectivity index (χ4v) is 1.81. The van der Waals surface area contributed by atoms with E-state index in [0.717, 1.165) is 0 Å².